The summed E-state index contributed by atoms with van der Waals surface area (Å²) in [7, 11) is 0. The molecule has 0 atom stereocenters. The van der Waals surface area contributed by atoms with Gasteiger partial charge in [-0.25, -0.2) is 9.97 Å². The zero-order valence-electron chi connectivity index (χ0n) is 12.3. The normalized spacial score (nSPS) is 11.0. The van der Waals surface area contributed by atoms with Crippen LogP contribution in [0.5, 0.6) is 0 Å². The Kier molecular flexibility index (Phi) is 3.37. The molecule has 0 aliphatic rings. The van der Waals surface area contributed by atoms with E-state index in [1.54, 1.807) is 0 Å². The SMILES string of the molecule is CCc1cc(-c2ccc(C)nc2C)cc2cnc(F)nc12. The number of nitrogens with zero attached hydrogens (tertiary/aromatic N) is 3. The Hall–Kier alpha value is -2.36. The van der Waals surface area contributed by atoms with Crippen molar-refractivity contribution in [2.45, 2.75) is 27.2 Å². The summed E-state index contributed by atoms with van der Waals surface area (Å²) in [5.41, 5.74) is 5.84. The van der Waals surface area contributed by atoms with Crippen molar-refractivity contribution in [1.82, 2.24) is 15.0 Å². The third-order valence-electron chi connectivity index (χ3n) is 3.65. The fourth-order valence-electron chi connectivity index (χ4n) is 2.61. The van der Waals surface area contributed by atoms with Gasteiger partial charge in [0.2, 0.25) is 0 Å². The van der Waals surface area contributed by atoms with Crippen molar-refractivity contribution in [2.75, 3.05) is 0 Å². The second-order valence-corrected chi connectivity index (χ2v) is 5.15. The fraction of sp³-hybridized carbons (Fsp3) is 0.235. The number of halogens is 1. The molecule has 0 fully saturated rings. The van der Waals surface area contributed by atoms with Gasteiger partial charge in [0.05, 0.1) is 5.52 Å². The minimum Gasteiger partial charge on any atom is -0.258 e. The topological polar surface area (TPSA) is 38.7 Å². The summed E-state index contributed by atoms with van der Waals surface area (Å²) >= 11 is 0. The van der Waals surface area contributed by atoms with Crippen LogP contribution in [-0.2, 0) is 6.42 Å². The molecule has 4 heteroatoms. The molecule has 3 nitrogen and oxygen atoms in total. The van der Waals surface area contributed by atoms with Crippen LogP contribution in [0, 0.1) is 19.9 Å². The summed E-state index contributed by atoms with van der Waals surface area (Å²) in [6.45, 7) is 6.02. The van der Waals surface area contributed by atoms with Crippen LogP contribution in [-0.4, -0.2) is 15.0 Å². The zero-order valence-corrected chi connectivity index (χ0v) is 12.3. The lowest BCUT2D eigenvalue weighted by atomic mass is 9.98. The van der Waals surface area contributed by atoms with Crippen molar-refractivity contribution in [3.8, 4) is 11.1 Å². The number of aromatic nitrogens is 3. The predicted molar refractivity (Wildman–Crippen MR) is 81.6 cm³/mol. The van der Waals surface area contributed by atoms with E-state index in [0.29, 0.717) is 5.52 Å². The Labute approximate surface area is 122 Å². The van der Waals surface area contributed by atoms with Crippen LogP contribution >= 0.6 is 0 Å². The van der Waals surface area contributed by atoms with E-state index in [9.17, 15) is 4.39 Å². The largest absolute Gasteiger partial charge is 0.309 e. The smallest absolute Gasteiger partial charge is 0.258 e. The van der Waals surface area contributed by atoms with Gasteiger partial charge >= 0.3 is 6.08 Å². The molecule has 1 aromatic carbocycles. The molecule has 21 heavy (non-hydrogen) atoms. The van der Waals surface area contributed by atoms with Gasteiger partial charge in [0.25, 0.3) is 0 Å². The predicted octanol–water partition coefficient (Wildman–Crippen LogP) is 4.01. The molecular formula is C17H16FN3. The van der Waals surface area contributed by atoms with Gasteiger partial charge in [-0.2, -0.15) is 4.39 Å². The lowest BCUT2D eigenvalue weighted by Crippen LogP contribution is -1.96. The average molecular weight is 281 g/mol. The minimum atomic E-state index is -0.682. The van der Waals surface area contributed by atoms with Gasteiger partial charge in [-0.3, -0.25) is 4.98 Å². The molecule has 106 valence electrons. The Bertz CT molecular complexity index is 828. The van der Waals surface area contributed by atoms with Crippen LogP contribution < -0.4 is 0 Å². The maximum Gasteiger partial charge on any atom is 0.309 e. The Morgan fingerprint density at radius 2 is 1.90 bits per heavy atom. The van der Waals surface area contributed by atoms with E-state index in [2.05, 4.69) is 27.1 Å². The summed E-state index contributed by atoms with van der Waals surface area (Å²) in [6.07, 6.45) is 1.65. The summed E-state index contributed by atoms with van der Waals surface area (Å²) in [5.74, 6) is 0. The molecule has 3 rings (SSSR count). The summed E-state index contributed by atoms with van der Waals surface area (Å²) in [6, 6.07) is 8.13. The molecule has 2 heterocycles. The molecule has 0 saturated heterocycles. The van der Waals surface area contributed by atoms with E-state index in [4.69, 9.17) is 0 Å². The van der Waals surface area contributed by atoms with Crippen LogP contribution in [0.2, 0.25) is 0 Å². The molecule has 0 bridgehead atoms. The molecule has 0 aliphatic carbocycles. The van der Waals surface area contributed by atoms with Crippen molar-refractivity contribution in [3.05, 3.63) is 53.5 Å². The third-order valence-corrected chi connectivity index (χ3v) is 3.65. The highest BCUT2D eigenvalue weighted by atomic mass is 19.1. The standard InChI is InChI=1S/C17H16FN3/c1-4-12-7-13(15-6-5-10(2)20-11(15)3)8-14-9-19-17(18)21-16(12)14/h5-9H,4H2,1-3H3. The number of benzene rings is 1. The monoisotopic (exact) mass is 281 g/mol. The summed E-state index contributed by atoms with van der Waals surface area (Å²) in [5, 5.41) is 0.853. The first-order valence-corrected chi connectivity index (χ1v) is 6.98. The maximum absolute atomic E-state index is 13.3. The first kappa shape index (κ1) is 13.6. The Morgan fingerprint density at radius 3 is 2.62 bits per heavy atom. The van der Waals surface area contributed by atoms with Gasteiger partial charge in [-0.15, -0.1) is 0 Å². The Morgan fingerprint density at radius 1 is 1.10 bits per heavy atom. The zero-order chi connectivity index (χ0) is 15.0. The number of hydrogen-bond donors (Lipinski definition) is 0. The minimum absolute atomic E-state index is 0.682. The van der Waals surface area contributed by atoms with Crippen LogP contribution in [0.1, 0.15) is 23.9 Å². The first-order valence-electron chi connectivity index (χ1n) is 6.98. The summed E-state index contributed by atoms with van der Waals surface area (Å²) < 4.78 is 13.3. The second-order valence-electron chi connectivity index (χ2n) is 5.15. The Balaban J connectivity index is 2.26. The van der Waals surface area contributed by atoms with E-state index in [0.717, 1.165) is 39.9 Å². The van der Waals surface area contributed by atoms with Crippen LogP contribution in [0.25, 0.3) is 22.0 Å². The quantitative estimate of drug-likeness (QED) is 0.666. The van der Waals surface area contributed by atoms with E-state index in [1.807, 2.05) is 32.9 Å². The molecule has 0 radical (unpaired) electrons. The number of rotatable bonds is 2. The van der Waals surface area contributed by atoms with Gasteiger partial charge in [-0.1, -0.05) is 13.0 Å². The number of aryl methyl sites for hydroxylation is 3. The van der Waals surface area contributed by atoms with E-state index < -0.39 is 6.08 Å². The number of pyridine rings is 1. The van der Waals surface area contributed by atoms with Crippen molar-refractivity contribution in [1.29, 1.82) is 0 Å². The van der Waals surface area contributed by atoms with Crippen molar-refractivity contribution < 1.29 is 4.39 Å². The van der Waals surface area contributed by atoms with Crippen molar-refractivity contribution >= 4 is 10.9 Å². The highest BCUT2D eigenvalue weighted by Gasteiger charge is 2.10. The molecule has 2 aromatic heterocycles. The molecule has 0 N–H and O–H groups in total. The van der Waals surface area contributed by atoms with Crippen LogP contribution in [0.15, 0.2) is 30.5 Å². The molecule has 0 unspecified atom stereocenters. The number of fused-ring (bicyclic) bond motifs is 1. The van der Waals surface area contributed by atoms with Gasteiger partial charge in [0.1, 0.15) is 0 Å². The molecular weight excluding hydrogens is 265 g/mol. The highest BCUT2D eigenvalue weighted by molar-refractivity contribution is 5.87. The third kappa shape index (κ3) is 2.49. The fourth-order valence-corrected chi connectivity index (χ4v) is 2.61. The second kappa shape index (κ2) is 5.20. The molecule has 0 spiro atoms. The van der Waals surface area contributed by atoms with E-state index >= 15 is 0 Å². The molecule has 0 aliphatic heterocycles. The van der Waals surface area contributed by atoms with E-state index in [-0.39, 0.29) is 0 Å². The summed E-state index contributed by atoms with van der Waals surface area (Å²) in [4.78, 5) is 12.1. The average Bonchev–Trinajstić information content (AvgIpc) is 2.46. The van der Waals surface area contributed by atoms with Gasteiger partial charge in [-0.05, 0) is 49.6 Å². The molecule has 0 amide bonds. The lowest BCUT2D eigenvalue weighted by molar-refractivity contribution is 0.544. The maximum atomic E-state index is 13.3. The van der Waals surface area contributed by atoms with Gasteiger partial charge < -0.3 is 0 Å². The molecule has 3 aromatic rings. The first-order chi connectivity index (χ1) is 10.1. The van der Waals surface area contributed by atoms with Gasteiger partial charge in [0.15, 0.2) is 0 Å². The van der Waals surface area contributed by atoms with Crippen LogP contribution in [0.3, 0.4) is 0 Å². The van der Waals surface area contributed by atoms with Crippen LogP contribution in [0.4, 0.5) is 4.39 Å². The molecule has 0 saturated carbocycles. The van der Waals surface area contributed by atoms with Crippen molar-refractivity contribution in [2.24, 2.45) is 0 Å². The lowest BCUT2D eigenvalue weighted by Gasteiger charge is -2.10. The van der Waals surface area contributed by atoms with Crippen molar-refractivity contribution in [3.63, 3.8) is 0 Å². The van der Waals surface area contributed by atoms with E-state index in [1.165, 1.54) is 6.20 Å². The number of hydrogen-bond acceptors (Lipinski definition) is 3. The van der Waals surface area contributed by atoms with Gasteiger partial charge in [0, 0.05) is 28.5 Å². The highest BCUT2D eigenvalue weighted by Crippen LogP contribution is 2.28.